The van der Waals surface area contributed by atoms with Gasteiger partial charge in [-0.1, -0.05) is 53.8 Å². The average molecular weight is 413 g/mol. The fourth-order valence-corrected chi connectivity index (χ4v) is 4.54. The van der Waals surface area contributed by atoms with Crippen molar-refractivity contribution in [1.82, 2.24) is 4.98 Å². The Labute approximate surface area is 173 Å². The molecule has 1 aromatic heterocycles. The van der Waals surface area contributed by atoms with Gasteiger partial charge in [0.2, 0.25) is 0 Å². The molecule has 2 fully saturated rings. The molecule has 0 N–H and O–H groups in total. The molecule has 0 amide bonds. The zero-order valence-electron chi connectivity index (χ0n) is 16.3. The van der Waals surface area contributed by atoms with Crippen molar-refractivity contribution < 1.29 is 23.7 Å². The zero-order chi connectivity index (χ0) is 19.8. The highest BCUT2D eigenvalue weighted by atomic mass is 32.1. The molecule has 2 saturated heterocycles. The summed E-state index contributed by atoms with van der Waals surface area (Å²) in [5.74, 6) is -0.692. The summed E-state index contributed by atoms with van der Waals surface area (Å²) < 4.78 is 31.3. The third kappa shape index (κ3) is 4.01. The molecule has 0 spiro atoms. The van der Waals surface area contributed by atoms with Crippen molar-refractivity contribution in [2.45, 2.75) is 50.8 Å². The van der Waals surface area contributed by atoms with Crippen molar-refractivity contribution in [3.05, 3.63) is 60.2 Å². The molecule has 0 bridgehead atoms. The van der Waals surface area contributed by atoms with E-state index in [-0.39, 0.29) is 18.3 Å². The van der Waals surface area contributed by atoms with Crippen molar-refractivity contribution >= 4 is 21.6 Å². The van der Waals surface area contributed by atoms with Gasteiger partial charge in [-0.25, -0.2) is 4.98 Å². The standard InChI is InChI=1S/C22H23NO5S/c1-22(2)27-19-18(24-12-14-8-4-3-5-9-14)16(26-20(19)28-22)13-25-21-23-15-10-6-7-11-17(15)29-21/h3-11,16,18-20H,12-13H2,1-2H3/t16-,18-,19-,20-/m1/s1. The number of hydrogen-bond donors (Lipinski definition) is 0. The number of hydrogen-bond acceptors (Lipinski definition) is 7. The first-order valence-corrected chi connectivity index (χ1v) is 10.5. The highest BCUT2D eigenvalue weighted by Crippen LogP contribution is 2.39. The Balaban J connectivity index is 1.29. The number of thiazole rings is 1. The maximum atomic E-state index is 6.23. The summed E-state index contributed by atoms with van der Waals surface area (Å²) in [6, 6.07) is 18.0. The van der Waals surface area contributed by atoms with E-state index in [2.05, 4.69) is 4.98 Å². The van der Waals surface area contributed by atoms with Crippen LogP contribution >= 0.6 is 11.3 Å². The van der Waals surface area contributed by atoms with E-state index in [9.17, 15) is 0 Å². The van der Waals surface area contributed by atoms with Gasteiger partial charge in [0.1, 0.15) is 24.9 Å². The van der Waals surface area contributed by atoms with E-state index in [0.717, 1.165) is 15.8 Å². The highest BCUT2D eigenvalue weighted by Gasteiger charge is 2.55. The molecule has 6 nitrogen and oxygen atoms in total. The normalized spacial score (nSPS) is 27.9. The summed E-state index contributed by atoms with van der Waals surface area (Å²) in [5, 5.41) is 0.621. The maximum absolute atomic E-state index is 6.23. The lowest BCUT2D eigenvalue weighted by atomic mass is 10.1. The van der Waals surface area contributed by atoms with Crippen molar-refractivity contribution in [2.24, 2.45) is 0 Å². The summed E-state index contributed by atoms with van der Waals surface area (Å²) in [4.78, 5) is 4.52. The number of nitrogens with zero attached hydrogens (tertiary/aromatic N) is 1. The molecular formula is C22H23NO5S. The van der Waals surface area contributed by atoms with Gasteiger partial charge in [-0.15, -0.1) is 0 Å². The van der Waals surface area contributed by atoms with E-state index in [4.69, 9.17) is 23.7 Å². The van der Waals surface area contributed by atoms with Crippen LogP contribution in [0.15, 0.2) is 54.6 Å². The predicted molar refractivity (Wildman–Crippen MR) is 109 cm³/mol. The van der Waals surface area contributed by atoms with Crippen LogP contribution in [0.4, 0.5) is 0 Å². The first-order valence-electron chi connectivity index (χ1n) is 9.72. The molecule has 5 rings (SSSR count). The molecule has 7 heteroatoms. The largest absolute Gasteiger partial charge is 0.467 e. The minimum absolute atomic E-state index is 0.294. The Morgan fingerprint density at radius 3 is 2.66 bits per heavy atom. The third-order valence-electron chi connectivity index (χ3n) is 5.02. The van der Waals surface area contributed by atoms with E-state index in [1.54, 1.807) is 0 Å². The van der Waals surface area contributed by atoms with Crippen LogP contribution in [-0.2, 0) is 25.6 Å². The van der Waals surface area contributed by atoms with Gasteiger partial charge < -0.3 is 23.7 Å². The SMILES string of the molecule is CC1(C)O[C@H]2O[C@H](COc3nc4ccccc4s3)[C@@H](OCc3ccccc3)[C@H]2O1. The monoisotopic (exact) mass is 413 g/mol. The molecule has 152 valence electrons. The van der Waals surface area contributed by atoms with Crippen LogP contribution in [0.2, 0.25) is 0 Å². The van der Waals surface area contributed by atoms with Gasteiger partial charge >= 0.3 is 0 Å². The fraction of sp³-hybridized carbons (Fsp3) is 0.409. The minimum atomic E-state index is -0.692. The van der Waals surface area contributed by atoms with Gasteiger partial charge in [-0.3, -0.25) is 0 Å². The number of ether oxygens (including phenoxy) is 5. The third-order valence-corrected chi connectivity index (χ3v) is 5.97. The number of benzene rings is 2. The zero-order valence-corrected chi connectivity index (χ0v) is 17.1. The molecule has 2 aromatic carbocycles. The Bertz CT molecular complexity index is 943. The molecule has 3 heterocycles. The fourth-order valence-electron chi connectivity index (χ4n) is 3.72. The summed E-state index contributed by atoms with van der Waals surface area (Å²) >= 11 is 1.52. The predicted octanol–water partition coefficient (Wildman–Crippen LogP) is 4.14. The lowest BCUT2D eigenvalue weighted by Gasteiger charge is -2.25. The topological polar surface area (TPSA) is 59.0 Å². The molecule has 29 heavy (non-hydrogen) atoms. The molecule has 0 unspecified atom stereocenters. The van der Waals surface area contributed by atoms with Crippen LogP contribution < -0.4 is 4.74 Å². The first-order chi connectivity index (χ1) is 14.1. The average Bonchev–Trinajstić information content (AvgIpc) is 3.35. The van der Waals surface area contributed by atoms with E-state index < -0.39 is 12.1 Å². The number of aromatic nitrogens is 1. The quantitative estimate of drug-likeness (QED) is 0.605. The van der Waals surface area contributed by atoms with Crippen LogP contribution in [0.1, 0.15) is 19.4 Å². The second-order valence-corrected chi connectivity index (χ2v) is 8.66. The van der Waals surface area contributed by atoms with Crippen molar-refractivity contribution in [3.8, 4) is 5.19 Å². The van der Waals surface area contributed by atoms with Crippen LogP contribution in [0, 0.1) is 0 Å². The van der Waals surface area contributed by atoms with Gasteiger partial charge in [-0.05, 0) is 31.5 Å². The van der Waals surface area contributed by atoms with Crippen molar-refractivity contribution in [3.63, 3.8) is 0 Å². The second-order valence-electron chi connectivity index (χ2n) is 7.66. The van der Waals surface area contributed by atoms with Crippen molar-refractivity contribution in [1.29, 1.82) is 0 Å². The molecule has 4 atom stereocenters. The molecule has 2 aliphatic rings. The van der Waals surface area contributed by atoms with E-state index >= 15 is 0 Å². The van der Waals surface area contributed by atoms with Crippen molar-refractivity contribution in [2.75, 3.05) is 6.61 Å². The molecule has 0 aliphatic carbocycles. The molecule has 0 radical (unpaired) electrons. The number of para-hydroxylation sites is 1. The van der Waals surface area contributed by atoms with Crippen LogP contribution in [0.25, 0.3) is 10.2 Å². The summed E-state index contributed by atoms with van der Waals surface area (Å²) in [6.07, 6.45) is -1.36. The summed E-state index contributed by atoms with van der Waals surface area (Å²) in [5.41, 5.74) is 2.03. The lowest BCUT2D eigenvalue weighted by Crippen LogP contribution is -2.39. The molecule has 3 aromatic rings. The Morgan fingerprint density at radius 1 is 1.03 bits per heavy atom. The van der Waals surface area contributed by atoms with Crippen LogP contribution in [0.3, 0.4) is 0 Å². The number of fused-ring (bicyclic) bond motifs is 2. The minimum Gasteiger partial charge on any atom is -0.467 e. The lowest BCUT2D eigenvalue weighted by molar-refractivity contribution is -0.221. The van der Waals surface area contributed by atoms with Gasteiger partial charge in [0.15, 0.2) is 12.1 Å². The van der Waals surface area contributed by atoms with Gasteiger partial charge in [-0.2, -0.15) is 0 Å². The summed E-state index contributed by atoms with van der Waals surface area (Å²) in [7, 11) is 0. The van der Waals surface area contributed by atoms with Gasteiger partial charge in [0.25, 0.3) is 5.19 Å². The van der Waals surface area contributed by atoms with E-state index in [1.165, 1.54) is 11.3 Å². The first kappa shape index (κ1) is 19.0. The summed E-state index contributed by atoms with van der Waals surface area (Å²) in [6.45, 7) is 4.56. The molecule has 0 saturated carbocycles. The molecular weight excluding hydrogens is 390 g/mol. The Morgan fingerprint density at radius 2 is 1.83 bits per heavy atom. The smallest absolute Gasteiger partial charge is 0.274 e. The van der Waals surface area contributed by atoms with Crippen LogP contribution in [-0.4, -0.2) is 42.0 Å². The second kappa shape index (κ2) is 7.66. The highest BCUT2D eigenvalue weighted by molar-refractivity contribution is 7.20. The van der Waals surface area contributed by atoms with Gasteiger partial charge in [0.05, 0.1) is 16.8 Å². The van der Waals surface area contributed by atoms with E-state index in [1.807, 2.05) is 68.4 Å². The maximum Gasteiger partial charge on any atom is 0.274 e. The Kier molecular flexibility index (Phi) is 5.01. The van der Waals surface area contributed by atoms with Gasteiger partial charge in [0, 0.05) is 0 Å². The molecule has 2 aliphatic heterocycles. The van der Waals surface area contributed by atoms with E-state index in [0.29, 0.717) is 18.4 Å². The van der Waals surface area contributed by atoms with Crippen LogP contribution in [0.5, 0.6) is 5.19 Å². The number of rotatable bonds is 6. The Hall–Kier alpha value is -2.03.